The van der Waals surface area contributed by atoms with Gasteiger partial charge in [0.1, 0.15) is 17.5 Å². The molecule has 0 nitrogen and oxygen atoms in total. The second kappa shape index (κ2) is 13.8. The molecule has 0 aliphatic rings. The predicted octanol–water partition coefficient (Wildman–Crippen LogP) is 10.7. The minimum Gasteiger partial charge on any atom is -0.207 e. The lowest BCUT2D eigenvalue weighted by atomic mass is 9.97. The molecule has 0 atom stereocenters. The van der Waals surface area contributed by atoms with Crippen molar-refractivity contribution >= 4 is 23.2 Å². The van der Waals surface area contributed by atoms with Crippen LogP contribution in [0.5, 0.6) is 0 Å². The molecule has 0 N–H and O–H groups in total. The van der Waals surface area contributed by atoms with Crippen LogP contribution in [0.15, 0.2) is 42.5 Å². The number of aryl methyl sites for hydroxylation is 1. The first-order chi connectivity index (χ1) is 16.2. The third-order valence-corrected chi connectivity index (χ3v) is 5.69. The zero-order valence-electron chi connectivity index (χ0n) is 20.9. The van der Waals surface area contributed by atoms with Gasteiger partial charge in [0.15, 0.2) is 11.6 Å². The van der Waals surface area contributed by atoms with Crippen molar-refractivity contribution in [2.75, 3.05) is 0 Å². The first kappa shape index (κ1) is 30.9. The highest BCUT2D eigenvalue weighted by Gasteiger charge is 2.16. The fraction of sp³-hybridized carbons (Fsp3) is 0.357. The summed E-state index contributed by atoms with van der Waals surface area (Å²) in [5, 5.41) is 0.805. The topological polar surface area (TPSA) is 0 Å². The van der Waals surface area contributed by atoms with Crippen molar-refractivity contribution in [2.45, 2.75) is 66.2 Å². The van der Waals surface area contributed by atoms with E-state index in [1.54, 1.807) is 32.0 Å². The van der Waals surface area contributed by atoms with Gasteiger partial charge in [0.2, 0.25) is 0 Å². The molecule has 0 aliphatic carbocycles. The lowest BCUT2D eigenvalue weighted by molar-refractivity contribution is 0.472. The van der Waals surface area contributed by atoms with Crippen molar-refractivity contribution in [3.63, 3.8) is 0 Å². The Labute approximate surface area is 215 Å². The summed E-state index contributed by atoms with van der Waals surface area (Å²) in [6.45, 7) is 12.9. The summed E-state index contributed by atoms with van der Waals surface area (Å²) in [6.07, 6.45) is 0. The molecular weight excluding hydrogens is 502 g/mol. The maximum Gasteiger partial charge on any atom is 0.165 e. The van der Waals surface area contributed by atoms with Gasteiger partial charge in [-0.1, -0.05) is 70.8 Å². The number of halogens is 7. The van der Waals surface area contributed by atoms with Crippen LogP contribution in [-0.2, 0) is 0 Å². The molecule has 192 valence electrons. The summed E-state index contributed by atoms with van der Waals surface area (Å²) < 4.78 is 64.7. The molecule has 0 saturated heterocycles. The third-order valence-electron chi connectivity index (χ3n) is 5.16. The van der Waals surface area contributed by atoms with Gasteiger partial charge in [-0.3, -0.25) is 0 Å². The van der Waals surface area contributed by atoms with E-state index in [4.69, 9.17) is 23.2 Å². The minimum absolute atomic E-state index is 0.176. The van der Waals surface area contributed by atoms with Crippen LogP contribution in [0.3, 0.4) is 0 Å². The Morgan fingerprint density at radius 2 is 1.09 bits per heavy atom. The van der Waals surface area contributed by atoms with E-state index in [9.17, 15) is 22.0 Å². The van der Waals surface area contributed by atoms with Crippen LogP contribution in [0.2, 0.25) is 10.0 Å². The maximum absolute atomic E-state index is 13.4. The average Bonchev–Trinajstić information content (AvgIpc) is 2.76. The molecule has 3 rings (SSSR count). The Balaban J connectivity index is 0.000000263. The quantitative estimate of drug-likeness (QED) is 0.232. The summed E-state index contributed by atoms with van der Waals surface area (Å²) in [5.41, 5.74) is 2.18. The van der Waals surface area contributed by atoms with Gasteiger partial charge in [-0.25, -0.2) is 22.0 Å². The van der Waals surface area contributed by atoms with Gasteiger partial charge in [-0.15, -0.1) is 0 Å². The molecule has 0 heterocycles. The minimum atomic E-state index is -1.08. The Bertz CT molecular complexity index is 1060. The largest absolute Gasteiger partial charge is 0.207 e. The molecule has 0 amide bonds. The summed E-state index contributed by atoms with van der Waals surface area (Å²) >= 11 is 11.3. The Morgan fingerprint density at radius 1 is 0.571 bits per heavy atom. The summed E-state index contributed by atoms with van der Waals surface area (Å²) in [7, 11) is 0. The lowest BCUT2D eigenvalue weighted by Crippen LogP contribution is -2.00. The number of benzene rings is 3. The van der Waals surface area contributed by atoms with E-state index in [1.807, 2.05) is 40.7 Å². The molecule has 0 radical (unpaired) electrons. The highest BCUT2D eigenvalue weighted by atomic mass is 35.5. The molecule has 0 spiro atoms. The maximum atomic E-state index is 13.4. The van der Waals surface area contributed by atoms with E-state index in [0.717, 1.165) is 23.3 Å². The van der Waals surface area contributed by atoms with Crippen LogP contribution in [0.25, 0.3) is 0 Å². The van der Waals surface area contributed by atoms with Crippen molar-refractivity contribution in [2.24, 2.45) is 0 Å². The SMILES string of the molecule is CC(C)c1c(F)ccc(F)c1F.CC(C)c1cc(Cl)ccc1F.Cc1ccc(Cl)c(F)c1C(C)C. The number of rotatable bonds is 3. The summed E-state index contributed by atoms with van der Waals surface area (Å²) in [4.78, 5) is 0. The molecule has 7 heteroatoms. The number of hydrogen-bond donors (Lipinski definition) is 0. The number of hydrogen-bond acceptors (Lipinski definition) is 0. The van der Waals surface area contributed by atoms with Gasteiger partial charge in [-0.05, 0) is 77.8 Å². The van der Waals surface area contributed by atoms with Crippen LogP contribution in [0.1, 0.15) is 81.5 Å². The van der Waals surface area contributed by atoms with Crippen molar-refractivity contribution in [3.8, 4) is 0 Å². The molecule has 0 fully saturated rings. The van der Waals surface area contributed by atoms with Crippen molar-refractivity contribution in [3.05, 3.63) is 104 Å². The standard InChI is InChI=1S/C10H12ClF.C9H10ClF.C9H9F3/c1-6(2)9-7(3)4-5-8(11)10(9)12;1-6(2)8-5-7(10)3-4-9(8)11;1-5(2)8-6(10)3-4-7(11)9(8)12/h4-6H,1-3H3;3-6H,1-2H3;3-5H,1-2H3. The van der Waals surface area contributed by atoms with E-state index in [1.165, 1.54) is 6.07 Å². The van der Waals surface area contributed by atoms with Crippen LogP contribution in [-0.4, -0.2) is 0 Å². The summed E-state index contributed by atoms with van der Waals surface area (Å²) in [5.74, 6) is -3.19. The molecular formula is C28H31Cl2F5. The molecule has 3 aromatic carbocycles. The molecule has 35 heavy (non-hydrogen) atoms. The van der Waals surface area contributed by atoms with Crippen LogP contribution < -0.4 is 0 Å². The van der Waals surface area contributed by atoms with Gasteiger partial charge >= 0.3 is 0 Å². The molecule has 0 aromatic heterocycles. The van der Waals surface area contributed by atoms with Gasteiger partial charge < -0.3 is 0 Å². The van der Waals surface area contributed by atoms with Gasteiger partial charge in [0, 0.05) is 10.6 Å². The normalized spacial score (nSPS) is 10.8. The van der Waals surface area contributed by atoms with Crippen molar-refractivity contribution in [1.29, 1.82) is 0 Å². The van der Waals surface area contributed by atoms with E-state index in [-0.39, 0.29) is 40.0 Å². The second-order valence-corrected chi connectivity index (χ2v) is 9.82. The fourth-order valence-electron chi connectivity index (χ4n) is 3.40. The Hall–Kier alpha value is -2.11. The molecule has 0 aliphatic heterocycles. The third kappa shape index (κ3) is 8.80. The lowest BCUT2D eigenvalue weighted by Gasteiger charge is -2.11. The first-order valence-corrected chi connectivity index (χ1v) is 12.0. The van der Waals surface area contributed by atoms with Gasteiger partial charge in [0.05, 0.1) is 5.02 Å². The molecule has 0 unspecified atom stereocenters. The van der Waals surface area contributed by atoms with E-state index >= 15 is 0 Å². The van der Waals surface area contributed by atoms with E-state index in [2.05, 4.69) is 0 Å². The van der Waals surface area contributed by atoms with E-state index < -0.39 is 17.5 Å². The summed E-state index contributed by atoms with van der Waals surface area (Å²) in [6, 6.07) is 9.80. The predicted molar refractivity (Wildman–Crippen MR) is 136 cm³/mol. The van der Waals surface area contributed by atoms with Crippen molar-refractivity contribution < 1.29 is 22.0 Å². The average molecular weight is 533 g/mol. The van der Waals surface area contributed by atoms with Crippen LogP contribution in [0.4, 0.5) is 22.0 Å². The van der Waals surface area contributed by atoms with Gasteiger partial charge in [-0.2, -0.15) is 0 Å². The van der Waals surface area contributed by atoms with Crippen molar-refractivity contribution in [1.82, 2.24) is 0 Å². The zero-order valence-corrected chi connectivity index (χ0v) is 22.4. The van der Waals surface area contributed by atoms with E-state index in [0.29, 0.717) is 10.6 Å². The second-order valence-electron chi connectivity index (χ2n) is 8.98. The fourth-order valence-corrected chi connectivity index (χ4v) is 3.75. The van der Waals surface area contributed by atoms with Gasteiger partial charge in [0.25, 0.3) is 0 Å². The smallest absolute Gasteiger partial charge is 0.165 e. The molecule has 0 saturated carbocycles. The highest BCUT2D eigenvalue weighted by molar-refractivity contribution is 6.31. The van der Waals surface area contributed by atoms with Crippen LogP contribution >= 0.6 is 23.2 Å². The Morgan fingerprint density at radius 3 is 1.51 bits per heavy atom. The first-order valence-electron chi connectivity index (χ1n) is 11.2. The molecule has 3 aromatic rings. The molecule has 0 bridgehead atoms. The zero-order chi connectivity index (χ0) is 27.0. The monoisotopic (exact) mass is 532 g/mol. The van der Waals surface area contributed by atoms with Crippen LogP contribution in [0, 0.1) is 36.0 Å². The highest BCUT2D eigenvalue weighted by Crippen LogP contribution is 2.27. The Kier molecular flexibility index (Phi) is 12.2.